The van der Waals surface area contributed by atoms with Crippen molar-refractivity contribution in [2.45, 2.75) is 6.92 Å². The number of benzene rings is 2. The van der Waals surface area contributed by atoms with E-state index in [-0.39, 0.29) is 0 Å². The molecule has 2 N–H and O–H groups in total. The summed E-state index contributed by atoms with van der Waals surface area (Å²) in [6.45, 7) is 1.80. The van der Waals surface area contributed by atoms with Gasteiger partial charge in [0.2, 0.25) is 0 Å². The van der Waals surface area contributed by atoms with Crippen molar-refractivity contribution in [1.29, 1.82) is 0 Å². The van der Waals surface area contributed by atoms with Crippen LogP contribution in [-0.4, -0.2) is 32.3 Å². The smallest absolute Gasteiger partial charge is 0.493 e. The van der Waals surface area contributed by atoms with Crippen LogP contribution in [0.5, 0.6) is 11.5 Å². The van der Waals surface area contributed by atoms with Gasteiger partial charge in [0.15, 0.2) is 11.5 Å². The van der Waals surface area contributed by atoms with Gasteiger partial charge in [-0.05, 0) is 66.6 Å². The van der Waals surface area contributed by atoms with Crippen molar-refractivity contribution in [3.63, 3.8) is 0 Å². The maximum Gasteiger partial charge on any atom is 0.678 e. The van der Waals surface area contributed by atoms with Gasteiger partial charge in [-0.3, -0.25) is 13.6 Å². The first-order valence-corrected chi connectivity index (χ1v) is 11.1. The minimum absolute atomic E-state index is 0.313. The van der Waals surface area contributed by atoms with Gasteiger partial charge in [0.25, 0.3) is 0 Å². The average Bonchev–Trinajstić information content (AvgIpc) is 3.47. The van der Waals surface area contributed by atoms with Crippen LogP contribution in [0.15, 0.2) is 65.3 Å². The van der Waals surface area contributed by atoms with E-state index in [1.165, 1.54) is 14.2 Å². The molecule has 0 spiro atoms. The highest BCUT2D eigenvalue weighted by atomic mass is 35.5. The van der Waals surface area contributed by atoms with E-state index in [1.54, 1.807) is 79.9 Å². The number of hydrogen-bond donors (Lipinski definition) is 1. The SMILES string of the molecule is COc1cc(Cl)cc(/C=C/c2cc(C)c(/C(=C3/C=CC=N3)c3ccc(N)cc3)n2B(F)F)c1OC. The molecule has 0 aliphatic carbocycles. The molecule has 0 bridgehead atoms. The molecule has 5 nitrogen and oxygen atoms in total. The molecule has 0 fully saturated rings. The van der Waals surface area contributed by atoms with E-state index in [2.05, 4.69) is 4.99 Å². The maximum absolute atomic E-state index is 14.5. The average molecular weight is 494 g/mol. The molecule has 0 saturated heterocycles. The first-order chi connectivity index (χ1) is 16.8. The Morgan fingerprint density at radius 2 is 1.83 bits per heavy atom. The molecule has 0 amide bonds. The normalized spacial score (nSPS) is 14.1. The molecular weight excluding hydrogens is 471 g/mol. The minimum Gasteiger partial charge on any atom is -0.493 e. The summed E-state index contributed by atoms with van der Waals surface area (Å²) in [5.41, 5.74) is 10.3. The summed E-state index contributed by atoms with van der Waals surface area (Å²) < 4.78 is 40.9. The van der Waals surface area contributed by atoms with Gasteiger partial charge in [-0.2, -0.15) is 0 Å². The summed E-state index contributed by atoms with van der Waals surface area (Å²) in [6.07, 6.45) is 8.49. The van der Waals surface area contributed by atoms with Crippen molar-refractivity contribution >= 4 is 48.6 Å². The van der Waals surface area contributed by atoms with E-state index >= 15 is 0 Å². The fourth-order valence-electron chi connectivity index (χ4n) is 4.10. The number of nitrogens with zero attached hydrogens (tertiary/aromatic N) is 2. The zero-order valence-corrected chi connectivity index (χ0v) is 20.2. The predicted molar refractivity (Wildman–Crippen MR) is 141 cm³/mol. The molecule has 0 atom stereocenters. The Morgan fingerprint density at radius 1 is 1.09 bits per heavy atom. The highest BCUT2D eigenvalue weighted by molar-refractivity contribution is 6.42. The summed E-state index contributed by atoms with van der Waals surface area (Å²) in [6, 6.07) is 12.1. The van der Waals surface area contributed by atoms with Crippen LogP contribution < -0.4 is 15.2 Å². The third kappa shape index (κ3) is 4.88. The Kier molecular flexibility index (Phi) is 7.12. The molecule has 1 aliphatic rings. The molecule has 178 valence electrons. The van der Waals surface area contributed by atoms with Gasteiger partial charge in [-0.25, -0.2) is 0 Å². The van der Waals surface area contributed by atoms with Gasteiger partial charge >= 0.3 is 7.40 Å². The summed E-state index contributed by atoms with van der Waals surface area (Å²) >= 11 is 6.21. The number of hydrogen-bond acceptors (Lipinski definition) is 4. The molecular formula is C26H23BClF2N3O2. The highest BCUT2D eigenvalue weighted by Crippen LogP contribution is 2.37. The second-order valence-corrected chi connectivity index (χ2v) is 8.27. The van der Waals surface area contributed by atoms with Crippen molar-refractivity contribution in [3.05, 3.63) is 93.4 Å². The summed E-state index contributed by atoms with van der Waals surface area (Å²) in [5.74, 6) is 0.900. The minimum atomic E-state index is -2.80. The van der Waals surface area contributed by atoms with E-state index in [9.17, 15) is 8.63 Å². The van der Waals surface area contributed by atoms with Crippen molar-refractivity contribution in [1.82, 2.24) is 4.48 Å². The third-order valence-corrected chi connectivity index (χ3v) is 5.82. The van der Waals surface area contributed by atoms with E-state index in [0.717, 1.165) is 10.0 Å². The van der Waals surface area contributed by atoms with Crippen molar-refractivity contribution < 1.29 is 18.1 Å². The largest absolute Gasteiger partial charge is 0.678 e. The molecule has 1 aromatic heterocycles. The Morgan fingerprint density at radius 3 is 2.43 bits per heavy atom. The molecule has 3 aromatic rings. The van der Waals surface area contributed by atoms with Crippen LogP contribution in [0.3, 0.4) is 0 Å². The summed E-state index contributed by atoms with van der Waals surface area (Å²) in [4.78, 5) is 4.40. The lowest BCUT2D eigenvalue weighted by atomic mass is 9.96. The standard InChI is InChI=1S/C26H23BClF2N3O2/c1-16-13-21(11-8-18-14-19(28)15-23(34-2)26(18)35-3)33(27(29)30)25(16)24(22-5-4-12-32-22)17-6-9-20(31)10-7-17/h4-15H,31H2,1-3H3/b11-8+,24-22-. The number of methoxy groups -OCH3 is 2. The second-order valence-electron chi connectivity index (χ2n) is 7.83. The summed E-state index contributed by atoms with van der Waals surface area (Å²) in [7, 11) is 0.215. The molecule has 0 unspecified atom stereocenters. The van der Waals surface area contributed by atoms with Gasteiger partial charge in [-0.1, -0.05) is 23.7 Å². The molecule has 35 heavy (non-hydrogen) atoms. The second kappa shape index (κ2) is 10.2. The molecule has 0 radical (unpaired) electrons. The quantitative estimate of drug-likeness (QED) is 0.306. The molecule has 1 aliphatic heterocycles. The predicted octanol–water partition coefficient (Wildman–Crippen LogP) is 6.39. The number of aromatic nitrogens is 1. The summed E-state index contributed by atoms with van der Waals surface area (Å²) in [5, 5.41) is 0.435. The van der Waals surface area contributed by atoms with E-state index in [4.69, 9.17) is 26.8 Å². The van der Waals surface area contributed by atoms with Crippen LogP contribution in [0.4, 0.5) is 14.3 Å². The zero-order valence-electron chi connectivity index (χ0n) is 19.4. The van der Waals surface area contributed by atoms with E-state index in [0.29, 0.717) is 56.0 Å². The van der Waals surface area contributed by atoms with Gasteiger partial charge in [-0.15, -0.1) is 0 Å². The van der Waals surface area contributed by atoms with Crippen LogP contribution in [0, 0.1) is 6.92 Å². The lowest BCUT2D eigenvalue weighted by Gasteiger charge is -2.16. The number of rotatable bonds is 7. The van der Waals surface area contributed by atoms with Crippen LogP contribution >= 0.6 is 11.6 Å². The molecule has 2 heterocycles. The fraction of sp³-hybridized carbons (Fsp3) is 0.115. The van der Waals surface area contributed by atoms with Crippen molar-refractivity contribution in [2.24, 2.45) is 4.99 Å². The fourth-order valence-corrected chi connectivity index (χ4v) is 4.31. The number of anilines is 1. The van der Waals surface area contributed by atoms with Gasteiger partial charge in [0.1, 0.15) is 0 Å². The topological polar surface area (TPSA) is 61.8 Å². The van der Waals surface area contributed by atoms with Crippen LogP contribution in [0.1, 0.15) is 28.1 Å². The first kappa shape index (κ1) is 24.4. The Hall–Kier alpha value is -3.78. The number of ether oxygens (including phenoxy) is 2. The highest BCUT2D eigenvalue weighted by Gasteiger charge is 2.28. The molecule has 4 rings (SSSR count). The van der Waals surface area contributed by atoms with Crippen LogP contribution in [-0.2, 0) is 0 Å². The lowest BCUT2D eigenvalue weighted by Crippen LogP contribution is -2.18. The molecule has 2 aromatic carbocycles. The van der Waals surface area contributed by atoms with Gasteiger partial charge in [0, 0.05) is 45.5 Å². The Balaban J connectivity index is 1.89. The number of aliphatic imine (C=N–C) groups is 1. The lowest BCUT2D eigenvalue weighted by molar-refractivity contribution is 0.354. The molecule has 9 heteroatoms. The van der Waals surface area contributed by atoms with E-state index in [1.807, 2.05) is 0 Å². The van der Waals surface area contributed by atoms with E-state index < -0.39 is 7.40 Å². The zero-order chi connectivity index (χ0) is 25.1. The number of aryl methyl sites for hydroxylation is 1. The van der Waals surface area contributed by atoms with Gasteiger partial charge < -0.3 is 19.7 Å². The Labute approximate surface area is 208 Å². The van der Waals surface area contributed by atoms with Crippen molar-refractivity contribution in [2.75, 3.05) is 20.0 Å². The number of nitrogens with two attached hydrogens (primary N) is 1. The van der Waals surface area contributed by atoms with Crippen LogP contribution in [0.25, 0.3) is 17.7 Å². The third-order valence-electron chi connectivity index (χ3n) is 5.60. The first-order valence-electron chi connectivity index (χ1n) is 10.7. The maximum atomic E-state index is 14.5. The van der Waals surface area contributed by atoms with Crippen LogP contribution in [0.2, 0.25) is 5.02 Å². The number of nitrogen functional groups attached to an aromatic ring is 1. The number of allylic oxidation sites excluding steroid dienone is 2. The molecule has 0 saturated carbocycles. The van der Waals surface area contributed by atoms with Crippen molar-refractivity contribution in [3.8, 4) is 11.5 Å². The van der Waals surface area contributed by atoms with Gasteiger partial charge in [0.05, 0.1) is 19.9 Å². The number of halogens is 3. The Bertz CT molecular complexity index is 1360. The monoisotopic (exact) mass is 493 g/mol.